The molecule has 0 aliphatic rings. The van der Waals surface area contributed by atoms with Gasteiger partial charge in [-0.3, -0.25) is 4.79 Å². The first kappa shape index (κ1) is 7.97. The molecule has 1 nitrogen and oxygen atoms in total. The van der Waals surface area contributed by atoms with Crippen LogP contribution in [0, 0.1) is 11.8 Å². The third-order valence-electron chi connectivity index (χ3n) is 0.753. The van der Waals surface area contributed by atoms with Crippen LogP contribution in [0.1, 0.15) is 20.3 Å². The van der Waals surface area contributed by atoms with Crippen molar-refractivity contribution in [2.45, 2.75) is 20.3 Å². The second-order valence-corrected chi connectivity index (χ2v) is 1.55. The van der Waals surface area contributed by atoms with Crippen LogP contribution in [0.5, 0.6) is 0 Å². The van der Waals surface area contributed by atoms with Crippen LogP contribution in [0.15, 0.2) is 12.2 Å². The fourth-order valence-electron chi connectivity index (χ4n) is 0.390. The molecule has 0 amide bonds. The molecule has 0 bridgehead atoms. The Morgan fingerprint density at radius 3 is 2.78 bits per heavy atom. The molecular formula is C8H10O. The van der Waals surface area contributed by atoms with E-state index in [4.69, 9.17) is 0 Å². The van der Waals surface area contributed by atoms with Gasteiger partial charge < -0.3 is 0 Å². The molecule has 1 heteroatoms. The van der Waals surface area contributed by atoms with Crippen LogP contribution in [-0.2, 0) is 4.79 Å². The zero-order chi connectivity index (χ0) is 7.11. The van der Waals surface area contributed by atoms with Gasteiger partial charge in [0.25, 0.3) is 0 Å². The average molecular weight is 122 g/mol. The van der Waals surface area contributed by atoms with Crippen LogP contribution in [0.25, 0.3) is 0 Å². The second-order valence-electron chi connectivity index (χ2n) is 1.55. The highest BCUT2D eigenvalue weighted by Gasteiger charge is 1.82. The quantitative estimate of drug-likeness (QED) is 0.308. The van der Waals surface area contributed by atoms with E-state index in [1.54, 1.807) is 13.0 Å². The Morgan fingerprint density at radius 2 is 2.33 bits per heavy atom. The molecule has 0 aromatic carbocycles. The minimum absolute atomic E-state index is 0.112. The molecule has 0 aromatic heterocycles. The summed E-state index contributed by atoms with van der Waals surface area (Å²) in [6.07, 6.45) is 4.18. The number of allylic oxidation sites excluding steroid dienone is 2. The third kappa shape index (κ3) is 4.83. The van der Waals surface area contributed by atoms with Crippen LogP contribution in [0.3, 0.4) is 0 Å². The van der Waals surface area contributed by atoms with E-state index in [9.17, 15) is 4.79 Å². The molecule has 0 N–H and O–H groups in total. The predicted molar refractivity (Wildman–Crippen MR) is 37.9 cm³/mol. The SMILES string of the molecule is CC#CC(=O)/C=C/CC. The van der Waals surface area contributed by atoms with Gasteiger partial charge in [0.2, 0.25) is 5.78 Å². The number of carbonyl (C=O) groups is 1. The fraction of sp³-hybridized carbons (Fsp3) is 0.375. The van der Waals surface area contributed by atoms with Crippen molar-refractivity contribution in [3.63, 3.8) is 0 Å². The highest BCUT2D eigenvalue weighted by molar-refractivity contribution is 6.04. The molecule has 0 aromatic rings. The van der Waals surface area contributed by atoms with Gasteiger partial charge in [-0.2, -0.15) is 0 Å². The Morgan fingerprint density at radius 1 is 1.67 bits per heavy atom. The van der Waals surface area contributed by atoms with Gasteiger partial charge >= 0.3 is 0 Å². The van der Waals surface area contributed by atoms with E-state index in [0.29, 0.717) is 0 Å². The molecule has 0 heterocycles. The minimum Gasteiger partial charge on any atom is -0.280 e. The summed E-state index contributed by atoms with van der Waals surface area (Å²) in [6.45, 7) is 3.63. The highest BCUT2D eigenvalue weighted by atomic mass is 16.1. The molecule has 0 rings (SSSR count). The maximum Gasteiger partial charge on any atom is 0.228 e. The number of carbonyl (C=O) groups excluding carboxylic acids is 1. The van der Waals surface area contributed by atoms with E-state index in [1.807, 2.05) is 6.92 Å². The lowest BCUT2D eigenvalue weighted by atomic mass is 10.3. The summed E-state index contributed by atoms with van der Waals surface area (Å²) in [7, 11) is 0. The highest BCUT2D eigenvalue weighted by Crippen LogP contribution is 1.79. The summed E-state index contributed by atoms with van der Waals surface area (Å²) < 4.78 is 0. The van der Waals surface area contributed by atoms with Crippen molar-refractivity contribution < 1.29 is 4.79 Å². The predicted octanol–water partition coefficient (Wildman–Crippen LogP) is 1.54. The van der Waals surface area contributed by atoms with Crippen molar-refractivity contribution in [1.29, 1.82) is 0 Å². The summed E-state index contributed by atoms with van der Waals surface area (Å²) in [6, 6.07) is 0. The first-order valence-corrected chi connectivity index (χ1v) is 2.94. The van der Waals surface area contributed by atoms with Gasteiger partial charge in [-0.1, -0.05) is 18.9 Å². The van der Waals surface area contributed by atoms with Crippen molar-refractivity contribution in [2.75, 3.05) is 0 Å². The summed E-state index contributed by atoms with van der Waals surface area (Å²) in [5.74, 6) is 4.82. The van der Waals surface area contributed by atoms with E-state index in [2.05, 4.69) is 11.8 Å². The van der Waals surface area contributed by atoms with E-state index >= 15 is 0 Å². The molecule has 9 heavy (non-hydrogen) atoms. The van der Waals surface area contributed by atoms with Crippen molar-refractivity contribution in [3.8, 4) is 11.8 Å². The van der Waals surface area contributed by atoms with Crippen LogP contribution in [0.2, 0.25) is 0 Å². The van der Waals surface area contributed by atoms with Gasteiger partial charge in [0.15, 0.2) is 0 Å². The molecule has 48 valence electrons. The molecule has 0 saturated carbocycles. The second kappa shape index (κ2) is 5.11. The maximum atomic E-state index is 10.5. The molecule has 0 unspecified atom stereocenters. The zero-order valence-corrected chi connectivity index (χ0v) is 5.77. The first-order valence-electron chi connectivity index (χ1n) is 2.94. The molecule has 0 aliphatic carbocycles. The van der Waals surface area contributed by atoms with E-state index in [0.717, 1.165) is 6.42 Å². The third-order valence-corrected chi connectivity index (χ3v) is 0.753. The minimum atomic E-state index is -0.112. The Kier molecular flexibility index (Phi) is 4.53. The number of hydrogen-bond donors (Lipinski definition) is 0. The fourth-order valence-corrected chi connectivity index (χ4v) is 0.390. The molecule has 0 saturated heterocycles. The van der Waals surface area contributed by atoms with E-state index in [-0.39, 0.29) is 5.78 Å². The van der Waals surface area contributed by atoms with Crippen molar-refractivity contribution in [2.24, 2.45) is 0 Å². The normalized spacial score (nSPS) is 8.67. The first-order chi connectivity index (χ1) is 4.31. The topological polar surface area (TPSA) is 17.1 Å². The summed E-state index contributed by atoms with van der Waals surface area (Å²) in [5.41, 5.74) is 0. The Labute approximate surface area is 55.8 Å². The lowest BCUT2D eigenvalue weighted by Crippen LogP contribution is -1.83. The number of ketones is 1. The number of hydrogen-bond acceptors (Lipinski definition) is 1. The molecular weight excluding hydrogens is 112 g/mol. The van der Waals surface area contributed by atoms with Crippen molar-refractivity contribution >= 4 is 5.78 Å². The van der Waals surface area contributed by atoms with Crippen LogP contribution in [0.4, 0.5) is 0 Å². The molecule has 0 spiro atoms. The smallest absolute Gasteiger partial charge is 0.228 e. The molecule has 0 aliphatic heterocycles. The van der Waals surface area contributed by atoms with Gasteiger partial charge in [-0.05, 0) is 25.3 Å². The zero-order valence-electron chi connectivity index (χ0n) is 5.77. The Balaban J connectivity index is 3.73. The molecule has 0 radical (unpaired) electrons. The van der Waals surface area contributed by atoms with E-state index < -0.39 is 0 Å². The van der Waals surface area contributed by atoms with Crippen molar-refractivity contribution in [1.82, 2.24) is 0 Å². The van der Waals surface area contributed by atoms with Crippen LogP contribution in [-0.4, -0.2) is 5.78 Å². The maximum absolute atomic E-state index is 10.5. The van der Waals surface area contributed by atoms with Crippen LogP contribution < -0.4 is 0 Å². The van der Waals surface area contributed by atoms with Gasteiger partial charge in [0.05, 0.1) is 0 Å². The summed E-state index contributed by atoms with van der Waals surface area (Å²) in [5, 5.41) is 0. The van der Waals surface area contributed by atoms with Gasteiger partial charge in [-0.15, -0.1) is 0 Å². The largest absolute Gasteiger partial charge is 0.280 e. The summed E-state index contributed by atoms with van der Waals surface area (Å²) >= 11 is 0. The lowest BCUT2D eigenvalue weighted by Gasteiger charge is -1.74. The average Bonchev–Trinajstić information content (AvgIpc) is 1.85. The lowest BCUT2D eigenvalue weighted by molar-refractivity contribution is -0.109. The van der Waals surface area contributed by atoms with Gasteiger partial charge in [-0.25, -0.2) is 0 Å². The van der Waals surface area contributed by atoms with Crippen molar-refractivity contribution in [3.05, 3.63) is 12.2 Å². The standard InChI is InChI=1S/C8H10O/c1-3-5-7-8(9)6-4-2/h5,7H,3H2,1-2H3/b7-5+. The molecule has 0 atom stereocenters. The van der Waals surface area contributed by atoms with Gasteiger partial charge in [0, 0.05) is 0 Å². The monoisotopic (exact) mass is 122 g/mol. The molecule has 0 fully saturated rings. The number of rotatable bonds is 2. The Hall–Kier alpha value is -1.03. The Bertz CT molecular complexity index is 167. The van der Waals surface area contributed by atoms with Gasteiger partial charge in [0.1, 0.15) is 0 Å². The van der Waals surface area contributed by atoms with E-state index in [1.165, 1.54) is 6.08 Å². The van der Waals surface area contributed by atoms with Crippen LogP contribution >= 0.6 is 0 Å². The summed E-state index contributed by atoms with van der Waals surface area (Å²) in [4.78, 5) is 10.5.